The van der Waals surface area contributed by atoms with Gasteiger partial charge in [0, 0.05) is 22.0 Å². The van der Waals surface area contributed by atoms with Gasteiger partial charge in [0.05, 0.1) is 13.1 Å². The van der Waals surface area contributed by atoms with Crippen LogP contribution in [-0.2, 0) is 9.59 Å². The lowest BCUT2D eigenvalue weighted by molar-refractivity contribution is -0.135. The molecule has 0 spiro atoms. The lowest BCUT2D eigenvalue weighted by Gasteiger charge is -2.38. The molecule has 2 heterocycles. The average Bonchev–Trinajstić information content (AvgIpc) is 2.20. The fourth-order valence-corrected chi connectivity index (χ4v) is 3.36. The molecule has 6 nitrogen and oxygen atoms in total. The Bertz CT molecular complexity index is 259. The molecule has 0 aromatic heterocycles. The molecule has 14 heavy (non-hydrogen) atoms. The Hall–Kier alpha value is -0.440. The number of nitrogens with two attached hydrogens (primary N) is 2. The van der Waals surface area contributed by atoms with Crippen molar-refractivity contribution in [3.63, 3.8) is 0 Å². The predicted octanol–water partition coefficient (Wildman–Crippen LogP) is -1.46. The molecule has 8 heteroatoms. The first-order valence-electron chi connectivity index (χ1n) is 4.08. The molecule has 0 bridgehead atoms. The van der Waals surface area contributed by atoms with E-state index in [2.05, 4.69) is 0 Å². The van der Waals surface area contributed by atoms with Crippen LogP contribution in [0, 0.1) is 0 Å². The summed E-state index contributed by atoms with van der Waals surface area (Å²) in [5.41, 5.74) is 10.8. The average molecular weight is 234 g/mol. The number of nitrogens with zero attached hydrogens (tertiary/aromatic N) is 2. The minimum Gasteiger partial charge on any atom is -0.318 e. The summed E-state index contributed by atoms with van der Waals surface area (Å²) >= 11 is 0. The zero-order valence-corrected chi connectivity index (χ0v) is 8.88. The summed E-state index contributed by atoms with van der Waals surface area (Å²) in [7, 11) is 2.47. The van der Waals surface area contributed by atoms with Crippen LogP contribution in [0.3, 0.4) is 0 Å². The largest absolute Gasteiger partial charge is 0.318 e. The van der Waals surface area contributed by atoms with E-state index in [-0.39, 0.29) is 23.9 Å². The molecule has 2 saturated heterocycles. The van der Waals surface area contributed by atoms with Crippen molar-refractivity contribution in [2.45, 2.75) is 12.1 Å². The van der Waals surface area contributed by atoms with Crippen molar-refractivity contribution in [2.24, 2.45) is 11.5 Å². The van der Waals surface area contributed by atoms with Gasteiger partial charge in [0.1, 0.15) is 12.1 Å². The standard InChI is InChI=1S/C6H10N4O2S2/c7-3-1-9(5(3)11)13-14-10-2-4(8)6(10)12/h3-4H,1-2,7-8H2. The Morgan fingerprint density at radius 3 is 1.57 bits per heavy atom. The molecule has 4 N–H and O–H groups in total. The summed E-state index contributed by atoms with van der Waals surface area (Å²) < 4.78 is 3.07. The van der Waals surface area contributed by atoms with Gasteiger partial charge >= 0.3 is 0 Å². The third-order valence-electron chi connectivity index (χ3n) is 2.06. The second kappa shape index (κ2) is 3.61. The number of rotatable bonds is 3. The maximum Gasteiger partial charge on any atom is 0.251 e. The second-order valence-electron chi connectivity index (χ2n) is 3.16. The maximum absolute atomic E-state index is 11.1. The topological polar surface area (TPSA) is 92.7 Å². The molecule has 2 fully saturated rings. The summed E-state index contributed by atoms with van der Waals surface area (Å²) in [6, 6.07) is -0.727. The van der Waals surface area contributed by atoms with Gasteiger partial charge in [-0.3, -0.25) is 18.2 Å². The van der Waals surface area contributed by atoms with Crippen LogP contribution in [0.2, 0.25) is 0 Å². The predicted molar refractivity (Wildman–Crippen MR) is 54.6 cm³/mol. The third kappa shape index (κ3) is 1.58. The minimum atomic E-state index is -0.363. The minimum absolute atomic E-state index is 0.0835. The molecule has 78 valence electrons. The highest BCUT2D eigenvalue weighted by Crippen LogP contribution is 2.36. The second-order valence-corrected chi connectivity index (χ2v) is 5.23. The van der Waals surface area contributed by atoms with Crippen LogP contribution in [0.5, 0.6) is 0 Å². The molecule has 2 rings (SSSR count). The summed E-state index contributed by atoms with van der Waals surface area (Å²) in [6.07, 6.45) is 0. The number of hydrogen-bond acceptors (Lipinski definition) is 6. The Morgan fingerprint density at radius 2 is 1.36 bits per heavy atom. The number of carbonyl (C=O) groups excluding carboxylic acids is 2. The smallest absolute Gasteiger partial charge is 0.251 e. The van der Waals surface area contributed by atoms with E-state index in [1.807, 2.05) is 0 Å². The molecule has 2 atom stereocenters. The van der Waals surface area contributed by atoms with Crippen LogP contribution in [-0.4, -0.2) is 45.6 Å². The molecule has 0 aliphatic carbocycles. The molecule has 2 aliphatic heterocycles. The van der Waals surface area contributed by atoms with Gasteiger partial charge in [0.15, 0.2) is 0 Å². The molecule has 0 aromatic carbocycles. The van der Waals surface area contributed by atoms with Crippen LogP contribution in [0.4, 0.5) is 0 Å². The van der Waals surface area contributed by atoms with Gasteiger partial charge in [0.25, 0.3) is 11.8 Å². The zero-order chi connectivity index (χ0) is 10.3. The monoisotopic (exact) mass is 234 g/mol. The van der Waals surface area contributed by atoms with Crippen molar-refractivity contribution >= 4 is 33.8 Å². The van der Waals surface area contributed by atoms with Crippen molar-refractivity contribution in [1.29, 1.82) is 0 Å². The number of amides is 2. The van der Waals surface area contributed by atoms with Crippen LogP contribution < -0.4 is 11.5 Å². The molecule has 2 amide bonds. The SMILES string of the molecule is NC1CN(SSN2CC(N)C2=O)C1=O. The number of β-lactam (4-membered cyclic amide) rings is 2. The van der Waals surface area contributed by atoms with Gasteiger partial charge in [-0.1, -0.05) is 0 Å². The van der Waals surface area contributed by atoms with E-state index in [1.54, 1.807) is 0 Å². The lowest BCUT2D eigenvalue weighted by Crippen LogP contribution is -2.59. The third-order valence-corrected chi connectivity index (χ3v) is 4.43. The molecular formula is C6H10N4O2S2. The number of hydrogen-bond donors (Lipinski definition) is 2. The zero-order valence-electron chi connectivity index (χ0n) is 7.25. The van der Waals surface area contributed by atoms with Gasteiger partial charge in [-0.2, -0.15) is 0 Å². The van der Waals surface area contributed by atoms with Crippen molar-refractivity contribution in [1.82, 2.24) is 8.61 Å². The van der Waals surface area contributed by atoms with Crippen molar-refractivity contribution in [3.05, 3.63) is 0 Å². The Kier molecular flexibility index (Phi) is 2.60. The number of carbonyl (C=O) groups is 2. The molecular weight excluding hydrogens is 224 g/mol. The Balaban J connectivity index is 1.69. The normalized spacial score (nSPS) is 31.6. The van der Waals surface area contributed by atoms with Crippen LogP contribution in [0.25, 0.3) is 0 Å². The van der Waals surface area contributed by atoms with E-state index >= 15 is 0 Å². The molecule has 2 unspecified atom stereocenters. The van der Waals surface area contributed by atoms with Crippen molar-refractivity contribution < 1.29 is 9.59 Å². The van der Waals surface area contributed by atoms with Gasteiger partial charge in [0.2, 0.25) is 0 Å². The lowest BCUT2D eigenvalue weighted by atomic mass is 10.2. The fraction of sp³-hybridized carbons (Fsp3) is 0.667. The Morgan fingerprint density at radius 1 is 1.00 bits per heavy atom. The van der Waals surface area contributed by atoms with Crippen LogP contribution in [0.15, 0.2) is 0 Å². The first-order chi connectivity index (χ1) is 6.59. The van der Waals surface area contributed by atoms with Gasteiger partial charge in [-0.05, 0) is 0 Å². The summed E-state index contributed by atoms with van der Waals surface area (Å²) in [5, 5.41) is 0. The summed E-state index contributed by atoms with van der Waals surface area (Å²) in [4.78, 5) is 22.1. The van der Waals surface area contributed by atoms with E-state index < -0.39 is 0 Å². The van der Waals surface area contributed by atoms with E-state index in [9.17, 15) is 9.59 Å². The quantitative estimate of drug-likeness (QED) is 0.352. The van der Waals surface area contributed by atoms with E-state index in [0.29, 0.717) is 13.1 Å². The van der Waals surface area contributed by atoms with E-state index in [1.165, 1.54) is 30.6 Å². The molecule has 0 aromatic rings. The summed E-state index contributed by atoms with van der Waals surface area (Å²) in [5.74, 6) is -0.167. The van der Waals surface area contributed by atoms with Crippen LogP contribution >= 0.6 is 22.0 Å². The fourth-order valence-electron chi connectivity index (χ4n) is 1.05. The van der Waals surface area contributed by atoms with Crippen molar-refractivity contribution in [3.8, 4) is 0 Å². The molecule has 0 radical (unpaired) electrons. The first kappa shape index (κ1) is 10.1. The van der Waals surface area contributed by atoms with E-state index in [0.717, 1.165) is 0 Å². The highest BCUT2D eigenvalue weighted by molar-refractivity contribution is 8.75. The molecule has 2 aliphatic rings. The maximum atomic E-state index is 11.1. The molecule has 0 saturated carbocycles. The highest BCUT2D eigenvalue weighted by Gasteiger charge is 2.38. The first-order valence-corrected chi connectivity index (χ1v) is 6.14. The van der Waals surface area contributed by atoms with Crippen LogP contribution in [0.1, 0.15) is 0 Å². The highest BCUT2D eigenvalue weighted by atomic mass is 33.1. The Labute approximate surface area is 89.0 Å². The van der Waals surface area contributed by atoms with E-state index in [4.69, 9.17) is 11.5 Å². The van der Waals surface area contributed by atoms with Crippen molar-refractivity contribution in [2.75, 3.05) is 13.1 Å². The summed E-state index contributed by atoms with van der Waals surface area (Å²) in [6.45, 7) is 1.09. The van der Waals surface area contributed by atoms with Gasteiger partial charge < -0.3 is 11.5 Å². The van der Waals surface area contributed by atoms with Gasteiger partial charge in [-0.25, -0.2) is 0 Å². The van der Waals surface area contributed by atoms with Gasteiger partial charge in [-0.15, -0.1) is 0 Å².